The summed E-state index contributed by atoms with van der Waals surface area (Å²) >= 11 is 5.94. The van der Waals surface area contributed by atoms with Gasteiger partial charge in [-0.05, 0) is 37.3 Å². The van der Waals surface area contributed by atoms with Gasteiger partial charge in [0.15, 0.2) is 0 Å². The summed E-state index contributed by atoms with van der Waals surface area (Å²) in [5, 5.41) is 5.98. The molecule has 4 nitrogen and oxygen atoms in total. The molecule has 2 unspecified atom stereocenters. The molecule has 0 spiro atoms. The molecule has 0 saturated carbocycles. The van der Waals surface area contributed by atoms with Crippen LogP contribution in [0.4, 0.5) is 0 Å². The van der Waals surface area contributed by atoms with Crippen molar-refractivity contribution in [2.45, 2.75) is 52.5 Å². The van der Waals surface area contributed by atoms with Crippen LogP contribution in [0.1, 0.15) is 57.6 Å². The molecule has 0 fully saturated rings. The quantitative estimate of drug-likeness (QED) is 0.474. The maximum atomic E-state index is 13.0. The Bertz CT molecular complexity index is 784. The molecule has 2 aromatic carbocycles. The molecule has 0 aliphatic carbocycles. The topological polar surface area (TPSA) is 58.2 Å². The highest BCUT2D eigenvalue weighted by Crippen LogP contribution is 2.27. The van der Waals surface area contributed by atoms with Gasteiger partial charge in [0.1, 0.15) is 6.04 Å². The van der Waals surface area contributed by atoms with Crippen LogP contribution in [0.5, 0.6) is 0 Å². The normalized spacial score (nSPS) is 13.5. The molecular formula is C26H35ClN2O2. The zero-order chi connectivity index (χ0) is 22.9. The SMILES string of the molecule is CCC(C)C(NC(=O)C(C)(C)CCl)C(=O)NCCC(c1ccccc1)c1ccccc1. The van der Waals surface area contributed by atoms with Crippen LogP contribution < -0.4 is 10.6 Å². The first-order valence-electron chi connectivity index (χ1n) is 11.0. The first kappa shape index (κ1) is 24.9. The largest absolute Gasteiger partial charge is 0.354 e. The molecule has 0 radical (unpaired) electrons. The summed E-state index contributed by atoms with van der Waals surface area (Å²) in [5.41, 5.74) is 1.72. The van der Waals surface area contributed by atoms with Crippen LogP contribution in [-0.4, -0.2) is 30.3 Å². The standard InChI is InChI=1S/C26H35ClN2O2/c1-5-19(2)23(29-25(31)26(3,4)18-27)24(30)28-17-16-22(20-12-8-6-9-13-20)21-14-10-7-11-15-21/h6-15,19,22-23H,5,16-18H2,1-4H3,(H,28,30)(H,29,31). The number of benzene rings is 2. The lowest BCUT2D eigenvalue weighted by molar-refractivity contribution is -0.134. The molecule has 2 amide bonds. The summed E-state index contributed by atoms with van der Waals surface area (Å²) in [6.07, 6.45) is 1.56. The smallest absolute Gasteiger partial charge is 0.242 e. The van der Waals surface area contributed by atoms with Crippen LogP contribution in [0.2, 0.25) is 0 Å². The molecule has 0 aliphatic rings. The second-order valence-electron chi connectivity index (χ2n) is 8.81. The second-order valence-corrected chi connectivity index (χ2v) is 9.08. The minimum Gasteiger partial charge on any atom is -0.354 e. The Labute approximate surface area is 191 Å². The number of carbonyl (C=O) groups is 2. The van der Waals surface area contributed by atoms with Crippen molar-refractivity contribution in [2.75, 3.05) is 12.4 Å². The third-order valence-electron chi connectivity index (χ3n) is 5.87. The molecule has 2 rings (SSSR count). The van der Waals surface area contributed by atoms with E-state index in [0.29, 0.717) is 6.54 Å². The van der Waals surface area contributed by atoms with E-state index < -0.39 is 11.5 Å². The number of hydrogen-bond acceptors (Lipinski definition) is 2. The Kier molecular flexibility index (Phi) is 9.57. The molecule has 0 heterocycles. The van der Waals surface area contributed by atoms with Gasteiger partial charge in [0.25, 0.3) is 0 Å². The lowest BCUT2D eigenvalue weighted by Gasteiger charge is -2.28. The first-order chi connectivity index (χ1) is 14.8. The Morgan fingerprint density at radius 2 is 1.48 bits per heavy atom. The number of alkyl halides is 1. The average Bonchev–Trinajstić information content (AvgIpc) is 2.80. The minimum absolute atomic E-state index is 0.0223. The van der Waals surface area contributed by atoms with E-state index >= 15 is 0 Å². The third kappa shape index (κ3) is 7.10. The van der Waals surface area contributed by atoms with Crippen LogP contribution >= 0.6 is 11.6 Å². The Balaban J connectivity index is 2.07. The van der Waals surface area contributed by atoms with Crippen LogP contribution in [0.15, 0.2) is 60.7 Å². The second kappa shape index (κ2) is 11.9. The van der Waals surface area contributed by atoms with E-state index in [2.05, 4.69) is 34.9 Å². The lowest BCUT2D eigenvalue weighted by Crippen LogP contribution is -2.53. The van der Waals surface area contributed by atoms with Crippen molar-refractivity contribution in [3.05, 3.63) is 71.8 Å². The fourth-order valence-corrected chi connectivity index (χ4v) is 3.57. The number of amides is 2. The molecular weight excluding hydrogens is 408 g/mol. The highest BCUT2D eigenvalue weighted by molar-refractivity contribution is 6.19. The minimum atomic E-state index is -0.723. The maximum absolute atomic E-state index is 13.0. The third-order valence-corrected chi connectivity index (χ3v) is 6.54. The zero-order valence-corrected chi connectivity index (χ0v) is 19.8. The van der Waals surface area contributed by atoms with Crippen LogP contribution in [0, 0.1) is 11.3 Å². The Morgan fingerprint density at radius 1 is 0.968 bits per heavy atom. The molecule has 168 valence electrons. The number of hydrogen-bond donors (Lipinski definition) is 2. The predicted octanol–water partition coefficient (Wildman–Crippen LogP) is 5.12. The van der Waals surface area contributed by atoms with Gasteiger partial charge in [0.05, 0.1) is 5.41 Å². The highest BCUT2D eigenvalue weighted by atomic mass is 35.5. The number of halogens is 1. The predicted molar refractivity (Wildman–Crippen MR) is 128 cm³/mol. The van der Waals surface area contributed by atoms with E-state index in [1.54, 1.807) is 13.8 Å². The van der Waals surface area contributed by atoms with Crippen molar-refractivity contribution >= 4 is 23.4 Å². The lowest BCUT2D eigenvalue weighted by atomic mass is 9.88. The van der Waals surface area contributed by atoms with Gasteiger partial charge in [-0.3, -0.25) is 9.59 Å². The Hall–Kier alpha value is -2.33. The van der Waals surface area contributed by atoms with Crippen molar-refractivity contribution in [3.63, 3.8) is 0 Å². The van der Waals surface area contributed by atoms with Gasteiger partial charge >= 0.3 is 0 Å². The summed E-state index contributed by atoms with van der Waals surface area (Å²) in [4.78, 5) is 25.6. The average molecular weight is 443 g/mol. The maximum Gasteiger partial charge on any atom is 0.242 e. The van der Waals surface area contributed by atoms with Crippen molar-refractivity contribution in [1.82, 2.24) is 10.6 Å². The van der Waals surface area contributed by atoms with Gasteiger partial charge in [-0.1, -0.05) is 80.9 Å². The van der Waals surface area contributed by atoms with Crippen molar-refractivity contribution in [3.8, 4) is 0 Å². The summed E-state index contributed by atoms with van der Waals surface area (Å²) in [6.45, 7) is 8.09. The molecule has 31 heavy (non-hydrogen) atoms. The first-order valence-corrected chi connectivity index (χ1v) is 11.6. The fourth-order valence-electron chi connectivity index (χ4n) is 3.45. The summed E-state index contributed by atoms with van der Waals surface area (Å²) in [7, 11) is 0. The summed E-state index contributed by atoms with van der Waals surface area (Å²) in [6, 6.07) is 20.1. The van der Waals surface area contributed by atoms with Crippen LogP contribution in [-0.2, 0) is 9.59 Å². The van der Waals surface area contributed by atoms with E-state index in [1.807, 2.05) is 50.2 Å². The number of nitrogens with one attached hydrogen (secondary N) is 2. The van der Waals surface area contributed by atoms with Gasteiger partial charge in [-0.2, -0.15) is 0 Å². The van der Waals surface area contributed by atoms with Crippen LogP contribution in [0.3, 0.4) is 0 Å². The van der Waals surface area contributed by atoms with E-state index in [9.17, 15) is 9.59 Å². The number of rotatable bonds is 11. The number of carbonyl (C=O) groups excluding carboxylic acids is 2. The summed E-state index contributed by atoms with van der Waals surface area (Å²) in [5.74, 6) is 0.0646. The molecule has 5 heteroatoms. The van der Waals surface area contributed by atoms with E-state index in [-0.39, 0.29) is 29.5 Å². The van der Waals surface area contributed by atoms with E-state index in [1.165, 1.54) is 11.1 Å². The fraction of sp³-hybridized carbons (Fsp3) is 0.462. The molecule has 2 aromatic rings. The van der Waals surface area contributed by atoms with Gasteiger partial charge < -0.3 is 10.6 Å². The molecule has 0 bridgehead atoms. The highest BCUT2D eigenvalue weighted by Gasteiger charge is 2.32. The van der Waals surface area contributed by atoms with Gasteiger partial charge in [0, 0.05) is 18.3 Å². The Morgan fingerprint density at radius 3 is 1.94 bits per heavy atom. The van der Waals surface area contributed by atoms with E-state index in [4.69, 9.17) is 11.6 Å². The van der Waals surface area contributed by atoms with Crippen LogP contribution in [0.25, 0.3) is 0 Å². The summed E-state index contributed by atoms with van der Waals surface area (Å²) < 4.78 is 0. The monoisotopic (exact) mass is 442 g/mol. The van der Waals surface area contributed by atoms with Gasteiger partial charge in [-0.15, -0.1) is 11.6 Å². The van der Waals surface area contributed by atoms with Crippen molar-refractivity contribution in [1.29, 1.82) is 0 Å². The van der Waals surface area contributed by atoms with Crippen molar-refractivity contribution < 1.29 is 9.59 Å². The zero-order valence-electron chi connectivity index (χ0n) is 19.0. The molecule has 2 atom stereocenters. The molecule has 0 saturated heterocycles. The molecule has 2 N–H and O–H groups in total. The van der Waals surface area contributed by atoms with E-state index in [0.717, 1.165) is 12.8 Å². The molecule has 0 aliphatic heterocycles. The molecule has 0 aromatic heterocycles. The van der Waals surface area contributed by atoms with Gasteiger partial charge in [-0.25, -0.2) is 0 Å². The van der Waals surface area contributed by atoms with Gasteiger partial charge in [0.2, 0.25) is 11.8 Å². The van der Waals surface area contributed by atoms with Crippen molar-refractivity contribution in [2.24, 2.45) is 11.3 Å².